The van der Waals surface area contributed by atoms with Crippen LogP contribution in [0.1, 0.15) is 20.8 Å². The van der Waals surface area contributed by atoms with Crippen molar-refractivity contribution in [3.8, 4) is 0 Å². The normalized spacial score (nSPS) is 11.8. The van der Waals surface area contributed by atoms with Gasteiger partial charge in [0.2, 0.25) is 0 Å². The van der Waals surface area contributed by atoms with E-state index < -0.39 is 17.9 Å². The average molecular weight is 264 g/mol. The van der Waals surface area contributed by atoms with E-state index in [9.17, 15) is 13.0 Å². The van der Waals surface area contributed by atoms with Crippen LogP contribution in [0.5, 0.6) is 0 Å². The van der Waals surface area contributed by atoms with Crippen LogP contribution in [0.25, 0.3) is 0 Å². The molecular formula is C6H17O7PS. The largest absolute Gasteiger partial charge is 0.472 e. The first kappa shape index (κ1) is 17.4. The minimum Gasteiger partial charge on any atom is -0.302 e. The van der Waals surface area contributed by atoms with Crippen LogP contribution in [0, 0.1) is 0 Å². The summed E-state index contributed by atoms with van der Waals surface area (Å²) >= 11 is 0. The molecule has 2 N–H and O–H groups in total. The van der Waals surface area contributed by atoms with Crippen LogP contribution in [0.15, 0.2) is 0 Å². The van der Waals surface area contributed by atoms with Gasteiger partial charge in [0.05, 0.1) is 19.0 Å². The molecule has 0 aliphatic heterocycles. The van der Waals surface area contributed by atoms with Crippen molar-refractivity contribution >= 4 is 17.9 Å². The summed E-state index contributed by atoms with van der Waals surface area (Å²) < 4.78 is 46.2. The first-order chi connectivity index (χ1) is 6.68. The summed E-state index contributed by atoms with van der Waals surface area (Å²) in [5.41, 5.74) is 0. The van der Waals surface area contributed by atoms with Crippen molar-refractivity contribution in [2.45, 2.75) is 20.8 Å². The van der Waals surface area contributed by atoms with E-state index in [1.165, 1.54) is 6.92 Å². The Bertz CT molecular complexity index is 276. The lowest BCUT2D eigenvalue weighted by molar-refractivity contribution is 0.161. The maximum atomic E-state index is 10.5. The van der Waals surface area contributed by atoms with Crippen molar-refractivity contribution < 1.29 is 31.5 Å². The van der Waals surface area contributed by atoms with Crippen LogP contribution in [-0.2, 0) is 23.7 Å². The Balaban J connectivity index is 0. The lowest BCUT2D eigenvalue weighted by Crippen LogP contribution is -1.97. The molecule has 0 spiro atoms. The highest BCUT2D eigenvalue weighted by Crippen LogP contribution is 2.42. The highest BCUT2D eigenvalue weighted by atomic mass is 32.2. The quantitative estimate of drug-likeness (QED) is 0.564. The second kappa shape index (κ2) is 8.20. The molecule has 0 fully saturated rings. The second-order valence-electron chi connectivity index (χ2n) is 2.17. The number of phosphoric acid groups is 1. The first-order valence-corrected chi connectivity index (χ1v) is 7.36. The summed E-state index contributed by atoms with van der Waals surface area (Å²) in [6.45, 7) is 5.00. The summed E-state index contributed by atoms with van der Waals surface area (Å²) in [7, 11) is -7.35. The molecule has 0 bridgehead atoms. The molecule has 0 rings (SSSR count). The van der Waals surface area contributed by atoms with Gasteiger partial charge in [-0.1, -0.05) is 0 Å². The van der Waals surface area contributed by atoms with Crippen LogP contribution in [0.3, 0.4) is 0 Å². The van der Waals surface area contributed by atoms with Crippen molar-refractivity contribution in [3.63, 3.8) is 0 Å². The Kier molecular flexibility index (Phi) is 9.53. The zero-order valence-corrected chi connectivity index (χ0v) is 10.6. The van der Waals surface area contributed by atoms with Gasteiger partial charge in [-0.3, -0.25) is 13.6 Å². The highest BCUT2D eigenvalue weighted by molar-refractivity contribution is 7.85. The van der Waals surface area contributed by atoms with Crippen LogP contribution in [0.4, 0.5) is 0 Å². The summed E-state index contributed by atoms with van der Waals surface area (Å²) in [4.78, 5) is 8.63. The SMILES string of the molecule is CCOP(=O)(O)OCC.CCS(=O)(=O)O. The zero-order valence-electron chi connectivity index (χ0n) is 8.91. The van der Waals surface area contributed by atoms with Gasteiger partial charge in [-0.05, 0) is 20.8 Å². The molecule has 0 atom stereocenters. The number of phosphoric ester groups is 1. The van der Waals surface area contributed by atoms with Crippen LogP contribution in [0.2, 0.25) is 0 Å². The Labute approximate surface area is 89.8 Å². The summed E-state index contributed by atoms with van der Waals surface area (Å²) in [5.74, 6) is -0.201. The maximum Gasteiger partial charge on any atom is 0.472 e. The van der Waals surface area contributed by atoms with Crippen molar-refractivity contribution in [1.82, 2.24) is 0 Å². The fourth-order valence-corrected chi connectivity index (χ4v) is 1.09. The standard InChI is InChI=1S/C4H11O4P.C2H6O3S/c1-3-7-9(5,6)8-4-2;1-2-6(3,4)5/h3-4H2,1-2H3,(H,5,6);2H2,1H3,(H,3,4,5). The Morgan fingerprint density at radius 1 is 1.13 bits per heavy atom. The van der Waals surface area contributed by atoms with E-state index in [0.29, 0.717) is 0 Å². The fraction of sp³-hybridized carbons (Fsp3) is 1.00. The predicted molar refractivity (Wildman–Crippen MR) is 55.2 cm³/mol. The summed E-state index contributed by atoms with van der Waals surface area (Å²) in [5, 5.41) is 0. The molecule has 9 heteroatoms. The third-order valence-electron chi connectivity index (χ3n) is 0.949. The van der Waals surface area contributed by atoms with Crippen LogP contribution < -0.4 is 0 Å². The van der Waals surface area contributed by atoms with E-state index in [0.717, 1.165) is 0 Å². The molecule has 0 aromatic heterocycles. The zero-order chi connectivity index (χ0) is 12.5. The topological polar surface area (TPSA) is 110 Å². The van der Waals surface area contributed by atoms with Crippen molar-refractivity contribution in [1.29, 1.82) is 0 Å². The fourth-order valence-electron chi connectivity index (χ4n) is 0.364. The van der Waals surface area contributed by atoms with Gasteiger partial charge in [-0.25, -0.2) is 4.57 Å². The van der Waals surface area contributed by atoms with E-state index in [-0.39, 0.29) is 19.0 Å². The molecular weight excluding hydrogens is 247 g/mol. The first-order valence-electron chi connectivity index (χ1n) is 4.25. The Morgan fingerprint density at radius 2 is 1.40 bits per heavy atom. The number of hydrogen-bond acceptors (Lipinski definition) is 5. The molecule has 0 saturated heterocycles. The molecule has 0 heterocycles. The summed E-state index contributed by atoms with van der Waals surface area (Å²) in [6.07, 6.45) is 0. The van der Waals surface area contributed by atoms with Gasteiger partial charge < -0.3 is 4.89 Å². The lowest BCUT2D eigenvalue weighted by atomic mass is 10.9. The van der Waals surface area contributed by atoms with E-state index in [1.807, 2.05) is 0 Å². The molecule has 0 aromatic carbocycles. The van der Waals surface area contributed by atoms with E-state index in [1.54, 1.807) is 13.8 Å². The molecule has 0 aliphatic carbocycles. The molecule has 0 saturated carbocycles. The smallest absolute Gasteiger partial charge is 0.302 e. The van der Waals surface area contributed by atoms with Gasteiger partial charge in [0.25, 0.3) is 10.1 Å². The lowest BCUT2D eigenvalue weighted by Gasteiger charge is -2.07. The molecule has 7 nitrogen and oxygen atoms in total. The second-order valence-corrected chi connectivity index (χ2v) is 5.37. The number of rotatable bonds is 5. The summed E-state index contributed by atoms with van der Waals surface area (Å²) in [6, 6.07) is 0. The van der Waals surface area contributed by atoms with E-state index in [4.69, 9.17) is 9.45 Å². The third-order valence-corrected chi connectivity index (χ3v) is 2.85. The van der Waals surface area contributed by atoms with Gasteiger partial charge >= 0.3 is 7.82 Å². The maximum absolute atomic E-state index is 10.5. The predicted octanol–water partition coefficient (Wildman–Crippen LogP) is 1.05. The van der Waals surface area contributed by atoms with E-state index >= 15 is 0 Å². The monoisotopic (exact) mass is 264 g/mol. The molecule has 15 heavy (non-hydrogen) atoms. The van der Waals surface area contributed by atoms with E-state index in [2.05, 4.69) is 9.05 Å². The van der Waals surface area contributed by atoms with Gasteiger partial charge in [0.15, 0.2) is 0 Å². The molecule has 0 radical (unpaired) electrons. The molecule has 0 aliphatic rings. The van der Waals surface area contributed by atoms with Crippen molar-refractivity contribution in [2.75, 3.05) is 19.0 Å². The van der Waals surface area contributed by atoms with Crippen molar-refractivity contribution in [2.24, 2.45) is 0 Å². The minimum absolute atomic E-state index is 0.188. The Morgan fingerprint density at radius 3 is 1.53 bits per heavy atom. The van der Waals surface area contributed by atoms with Gasteiger partial charge in [-0.2, -0.15) is 8.42 Å². The number of hydrogen-bond donors (Lipinski definition) is 2. The molecule has 0 aromatic rings. The molecule has 0 unspecified atom stereocenters. The average Bonchev–Trinajstić information content (AvgIpc) is 2.03. The van der Waals surface area contributed by atoms with Gasteiger partial charge in [-0.15, -0.1) is 0 Å². The van der Waals surface area contributed by atoms with Crippen LogP contribution in [-0.4, -0.2) is 36.8 Å². The highest BCUT2D eigenvalue weighted by Gasteiger charge is 2.17. The van der Waals surface area contributed by atoms with Gasteiger partial charge in [0, 0.05) is 0 Å². The third kappa shape index (κ3) is 16.7. The van der Waals surface area contributed by atoms with Crippen LogP contribution >= 0.6 is 7.82 Å². The molecule has 94 valence electrons. The van der Waals surface area contributed by atoms with Crippen molar-refractivity contribution in [3.05, 3.63) is 0 Å². The molecule has 0 amide bonds. The Hall–Kier alpha value is 0.0200. The van der Waals surface area contributed by atoms with Gasteiger partial charge in [0.1, 0.15) is 0 Å². The minimum atomic E-state index is -3.69.